The predicted molar refractivity (Wildman–Crippen MR) is 118 cm³/mol. The van der Waals surface area contributed by atoms with Crippen LogP contribution in [-0.4, -0.2) is 5.75 Å². The summed E-state index contributed by atoms with van der Waals surface area (Å²) in [6, 6.07) is 14.5. The van der Waals surface area contributed by atoms with E-state index < -0.39 is 0 Å². The van der Waals surface area contributed by atoms with Crippen LogP contribution in [0.5, 0.6) is 0 Å². The van der Waals surface area contributed by atoms with Gasteiger partial charge in [-0.2, -0.15) is 0 Å². The van der Waals surface area contributed by atoms with Crippen molar-refractivity contribution < 1.29 is 8.83 Å². The van der Waals surface area contributed by atoms with Crippen molar-refractivity contribution in [2.75, 3.05) is 5.75 Å². The Morgan fingerprint density at radius 2 is 1.32 bits per heavy atom. The van der Waals surface area contributed by atoms with E-state index in [1.54, 1.807) is 36.9 Å². The van der Waals surface area contributed by atoms with Gasteiger partial charge < -0.3 is 8.83 Å². The molecule has 2 aromatic carbocycles. The largest absolute Gasteiger partial charge is 0.450 e. The van der Waals surface area contributed by atoms with E-state index in [1.807, 2.05) is 44.2 Å². The Morgan fingerprint density at radius 3 is 1.89 bits per heavy atom. The maximum atomic E-state index is 12.0. The monoisotopic (exact) mass is 412 g/mol. The Labute approximate surface area is 172 Å². The third kappa shape index (κ3) is 4.03. The highest BCUT2D eigenvalue weighted by molar-refractivity contribution is 7.99. The van der Waals surface area contributed by atoms with E-state index in [-0.39, 0.29) is 10.9 Å². The summed E-state index contributed by atoms with van der Waals surface area (Å²) < 4.78 is 11.0. The number of rotatable bonds is 2. The number of hydrogen-bond donors (Lipinski definition) is 1. The van der Waals surface area contributed by atoms with Crippen molar-refractivity contribution in [3.63, 3.8) is 0 Å². The predicted octanol–water partition coefficient (Wildman–Crippen LogP) is 5.60. The fourth-order valence-electron chi connectivity index (χ4n) is 2.71. The Balaban J connectivity index is 0.000000162. The number of thiol groups is 1. The summed E-state index contributed by atoms with van der Waals surface area (Å²) in [6.45, 7) is 5.57. The van der Waals surface area contributed by atoms with Crippen LogP contribution < -0.4 is 10.9 Å². The number of hydrogen-bond acceptors (Lipinski definition) is 6. The van der Waals surface area contributed by atoms with Gasteiger partial charge in [0.25, 0.3) is 0 Å². The molecule has 0 amide bonds. The zero-order chi connectivity index (χ0) is 20.3. The molecule has 4 rings (SSSR count). The Bertz CT molecular complexity index is 1260. The molecule has 0 radical (unpaired) electrons. The maximum absolute atomic E-state index is 12.0. The van der Waals surface area contributed by atoms with Crippen molar-refractivity contribution in [3.05, 3.63) is 80.1 Å². The smallest absolute Gasteiger partial charge is 0.196 e. The molecule has 4 aromatic rings. The third-order valence-electron chi connectivity index (χ3n) is 4.26. The maximum Gasteiger partial charge on any atom is 0.196 e. The third-order valence-corrected chi connectivity index (χ3v) is 5.62. The molecule has 4 nitrogen and oxygen atoms in total. The van der Waals surface area contributed by atoms with Crippen LogP contribution in [0.15, 0.2) is 77.1 Å². The highest BCUT2D eigenvalue weighted by atomic mass is 32.2. The molecular formula is C22H20O4S2. The molecular weight excluding hydrogens is 392 g/mol. The first kappa shape index (κ1) is 20.3. The molecule has 6 heteroatoms. The van der Waals surface area contributed by atoms with Gasteiger partial charge in [0.2, 0.25) is 0 Å². The number of fused-ring (bicyclic) bond motifs is 2. The first-order valence-corrected chi connectivity index (χ1v) is 10.2. The second-order valence-corrected chi connectivity index (χ2v) is 7.77. The zero-order valence-corrected chi connectivity index (χ0v) is 17.5. The lowest BCUT2D eigenvalue weighted by Gasteiger charge is -2.04. The lowest BCUT2D eigenvalue weighted by Crippen LogP contribution is -2.06. The van der Waals surface area contributed by atoms with Crippen molar-refractivity contribution in [2.45, 2.75) is 31.0 Å². The average molecular weight is 413 g/mol. The molecule has 0 aliphatic heterocycles. The summed E-state index contributed by atoms with van der Waals surface area (Å²) in [7, 11) is 0. The van der Waals surface area contributed by atoms with Gasteiger partial charge >= 0.3 is 0 Å². The fraction of sp³-hybridized carbons (Fsp3) is 0.182. The van der Waals surface area contributed by atoms with Gasteiger partial charge in [-0.25, -0.2) is 0 Å². The van der Waals surface area contributed by atoms with E-state index in [1.165, 1.54) is 0 Å². The Morgan fingerprint density at radius 1 is 0.821 bits per heavy atom. The molecule has 2 heterocycles. The molecule has 0 aliphatic rings. The van der Waals surface area contributed by atoms with Crippen LogP contribution in [0.3, 0.4) is 0 Å². The molecule has 0 saturated heterocycles. The van der Waals surface area contributed by atoms with Gasteiger partial charge in [-0.3, -0.25) is 9.59 Å². The SMILES string of the molecule is CCSc1oc2ccccc2c(=O)c1C.Cc1c(S)oc2ccccc2c1=O. The minimum absolute atomic E-state index is 0.00755. The second kappa shape index (κ2) is 8.71. The highest BCUT2D eigenvalue weighted by Crippen LogP contribution is 2.24. The first-order valence-electron chi connectivity index (χ1n) is 8.80. The molecule has 0 N–H and O–H groups in total. The number of thioether (sulfide) groups is 1. The molecule has 0 atom stereocenters. The van der Waals surface area contributed by atoms with E-state index in [2.05, 4.69) is 12.6 Å². The molecule has 0 spiro atoms. The van der Waals surface area contributed by atoms with E-state index in [0.717, 1.165) is 10.8 Å². The van der Waals surface area contributed by atoms with Gasteiger partial charge in [-0.15, -0.1) is 12.6 Å². The van der Waals surface area contributed by atoms with Gasteiger partial charge in [0.1, 0.15) is 11.2 Å². The molecule has 144 valence electrons. The fourth-order valence-corrected chi connectivity index (χ4v) is 3.63. The summed E-state index contributed by atoms with van der Waals surface area (Å²) in [5.74, 6) is 0.905. The highest BCUT2D eigenvalue weighted by Gasteiger charge is 2.09. The number of para-hydroxylation sites is 2. The summed E-state index contributed by atoms with van der Waals surface area (Å²) in [5, 5.41) is 2.40. The summed E-state index contributed by atoms with van der Waals surface area (Å²) in [5.41, 5.74) is 2.59. The zero-order valence-electron chi connectivity index (χ0n) is 15.8. The molecule has 0 bridgehead atoms. The van der Waals surface area contributed by atoms with E-state index >= 15 is 0 Å². The molecule has 28 heavy (non-hydrogen) atoms. The van der Waals surface area contributed by atoms with Gasteiger partial charge in [0, 0.05) is 11.1 Å². The molecule has 0 fully saturated rings. The van der Waals surface area contributed by atoms with Crippen molar-refractivity contribution in [1.29, 1.82) is 0 Å². The quantitative estimate of drug-likeness (QED) is 0.343. The summed E-state index contributed by atoms with van der Waals surface area (Å²) in [4.78, 5) is 23.6. The molecule has 0 aliphatic carbocycles. The van der Waals surface area contributed by atoms with Crippen LogP contribution in [0.25, 0.3) is 21.9 Å². The van der Waals surface area contributed by atoms with E-state index in [0.29, 0.717) is 38.2 Å². The standard InChI is InChI=1S/C12H12O2S.C10H8O2S/c1-3-15-12-8(2)11(13)9-6-4-5-7-10(9)14-12;1-6-9(11)7-4-2-3-5-8(7)12-10(6)13/h4-7H,3H2,1-2H3;2-5,13H,1H3. The van der Waals surface area contributed by atoms with Crippen LogP contribution in [0.1, 0.15) is 18.1 Å². The first-order chi connectivity index (χ1) is 13.4. The normalized spacial score (nSPS) is 10.7. The summed E-state index contributed by atoms with van der Waals surface area (Å²) >= 11 is 5.64. The van der Waals surface area contributed by atoms with E-state index in [9.17, 15) is 9.59 Å². The lowest BCUT2D eigenvalue weighted by molar-refractivity contribution is 0.492. The van der Waals surface area contributed by atoms with Crippen LogP contribution in [0.2, 0.25) is 0 Å². The summed E-state index contributed by atoms with van der Waals surface area (Å²) in [6.07, 6.45) is 0. The minimum atomic E-state index is -0.00755. The van der Waals surface area contributed by atoms with Crippen molar-refractivity contribution in [1.82, 2.24) is 0 Å². The van der Waals surface area contributed by atoms with Crippen LogP contribution >= 0.6 is 24.4 Å². The lowest BCUT2D eigenvalue weighted by atomic mass is 10.2. The second-order valence-electron chi connectivity index (χ2n) is 6.13. The Kier molecular flexibility index (Phi) is 6.31. The van der Waals surface area contributed by atoms with Gasteiger partial charge in [0.05, 0.1) is 10.8 Å². The van der Waals surface area contributed by atoms with Gasteiger partial charge in [0.15, 0.2) is 21.0 Å². The minimum Gasteiger partial charge on any atom is -0.450 e. The van der Waals surface area contributed by atoms with Gasteiger partial charge in [-0.1, -0.05) is 43.0 Å². The van der Waals surface area contributed by atoms with Crippen molar-refractivity contribution in [3.8, 4) is 0 Å². The average Bonchev–Trinajstić information content (AvgIpc) is 2.71. The number of benzene rings is 2. The Hall–Kier alpha value is -2.44. The van der Waals surface area contributed by atoms with Crippen molar-refractivity contribution in [2.24, 2.45) is 0 Å². The molecule has 0 unspecified atom stereocenters. The topological polar surface area (TPSA) is 60.4 Å². The van der Waals surface area contributed by atoms with Crippen molar-refractivity contribution >= 4 is 46.3 Å². The molecule has 2 aromatic heterocycles. The van der Waals surface area contributed by atoms with Crippen LogP contribution in [0.4, 0.5) is 0 Å². The van der Waals surface area contributed by atoms with E-state index in [4.69, 9.17) is 8.83 Å². The molecule has 0 saturated carbocycles. The van der Waals surface area contributed by atoms with Crippen LogP contribution in [-0.2, 0) is 0 Å². The van der Waals surface area contributed by atoms with Gasteiger partial charge in [-0.05, 0) is 43.9 Å². The van der Waals surface area contributed by atoms with Crippen LogP contribution in [0, 0.1) is 13.8 Å².